The van der Waals surface area contributed by atoms with E-state index in [9.17, 15) is 19.2 Å². The fourth-order valence-corrected chi connectivity index (χ4v) is 4.38. The number of benzene rings is 1. The van der Waals surface area contributed by atoms with Gasteiger partial charge in [-0.3, -0.25) is 29.2 Å². The summed E-state index contributed by atoms with van der Waals surface area (Å²) in [5.74, 6) is -1.87. The maximum Gasteiger partial charge on any atom is 0.306 e. The summed E-state index contributed by atoms with van der Waals surface area (Å²) in [6.07, 6.45) is 5.47. The Labute approximate surface area is 235 Å². The number of pyridine rings is 1. The maximum absolute atomic E-state index is 13.1. The molecule has 0 unspecified atom stereocenters. The first-order valence-electron chi connectivity index (χ1n) is 14.0. The van der Waals surface area contributed by atoms with Crippen molar-refractivity contribution in [1.82, 2.24) is 26.1 Å². The van der Waals surface area contributed by atoms with Gasteiger partial charge in [-0.05, 0) is 49.8 Å². The number of hydrogen-bond donors (Lipinski definition) is 3. The van der Waals surface area contributed by atoms with Gasteiger partial charge < -0.3 is 15.4 Å². The first-order chi connectivity index (χ1) is 19.1. The van der Waals surface area contributed by atoms with Crippen LogP contribution in [0.2, 0.25) is 0 Å². The van der Waals surface area contributed by atoms with Crippen molar-refractivity contribution < 1.29 is 23.9 Å². The van der Waals surface area contributed by atoms with Gasteiger partial charge >= 0.3 is 5.97 Å². The van der Waals surface area contributed by atoms with Crippen molar-refractivity contribution in [2.45, 2.75) is 85.0 Å². The van der Waals surface area contributed by atoms with Crippen LogP contribution in [0, 0.1) is 5.92 Å². The highest BCUT2D eigenvalue weighted by molar-refractivity contribution is 5.90. The number of allylic oxidation sites excluding steroid dienone is 1. The summed E-state index contributed by atoms with van der Waals surface area (Å²) in [6, 6.07) is 8.51. The summed E-state index contributed by atoms with van der Waals surface area (Å²) in [5.41, 5.74) is 5.67. The molecule has 1 aromatic carbocycles. The topological polar surface area (TPSA) is 130 Å². The van der Waals surface area contributed by atoms with Gasteiger partial charge in [0, 0.05) is 18.4 Å². The predicted molar refractivity (Wildman–Crippen MR) is 153 cm³/mol. The number of rotatable bonds is 11. The number of nitrogens with zero attached hydrogens (tertiary/aromatic N) is 2. The minimum atomic E-state index is -0.987. The molecule has 3 rings (SSSR count). The fraction of sp³-hybridized carbons (Fsp3) is 0.500. The second-order valence-electron chi connectivity index (χ2n) is 10.3. The molecule has 1 fully saturated rings. The third kappa shape index (κ3) is 8.35. The summed E-state index contributed by atoms with van der Waals surface area (Å²) in [4.78, 5) is 55.2. The quantitative estimate of drug-likeness (QED) is 0.366. The van der Waals surface area contributed by atoms with Crippen LogP contribution in [0.15, 0.2) is 36.4 Å². The number of nitrogens with one attached hydrogen (secondary N) is 3. The van der Waals surface area contributed by atoms with Gasteiger partial charge in [0.1, 0.15) is 12.1 Å². The lowest BCUT2D eigenvalue weighted by Crippen LogP contribution is -2.61. The Kier molecular flexibility index (Phi) is 11.2. The van der Waals surface area contributed by atoms with Gasteiger partial charge in [-0.25, -0.2) is 5.43 Å². The molecule has 1 aliphatic heterocycles. The molecular weight excluding hydrogens is 510 g/mol. The Morgan fingerprint density at radius 1 is 1.15 bits per heavy atom. The van der Waals surface area contributed by atoms with Gasteiger partial charge in [0.25, 0.3) is 11.8 Å². The molecule has 1 aliphatic rings. The molecule has 2 aromatic rings. The van der Waals surface area contributed by atoms with Crippen LogP contribution in [0.3, 0.4) is 0 Å². The van der Waals surface area contributed by atoms with Crippen molar-refractivity contribution in [3.05, 3.63) is 47.7 Å². The molecule has 3 atom stereocenters. The van der Waals surface area contributed by atoms with E-state index in [1.165, 1.54) is 5.01 Å². The number of hydrogen-bond acceptors (Lipinski definition) is 7. The minimum Gasteiger partial charge on any atom is -0.452 e. The van der Waals surface area contributed by atoms with Crippen molar-refractivity contribution in [1.29, 1.82) is 0 Å². The van der Waals surface area contributed by atoms with Crippen LogP contribution in [0.1, 0.15) is 71.6 Å². The normalized spacial score (nSPS) is 17.1. The van der Waals surface area contributed by atoms with E-state index >= 15 is 0 Å². The van der Waals surface area contributed by atoms with Crippen molar-refractivity contribution in [3.63, 3.8) is 0 Å². The van der Waals surface area contributed by atoms with E-state index in [-0.39, 0.29) is 30.7 Å². The Morgan fingerprint density at radius 3 is 2.60 bits per heavy atom. The van der Waals surface area contributed by atoms with E-state index in [1.807, 2.05) is 24.3 Å². The van der Waals surface area contributed by atoms with Crippen LogP contribution in [0.4, 0.5) is 0 Å². The van der Waals surface area contributed by atoms with Crippen molar-refractivity contribution >= 4 is 40.7 Å². The Hall–Kier alpha value is -3.79. The van der Waals surface area contributed by atoms with Crippen molar-refractivity contribution in [2.75, 3.05) is 6.54 Å². The maximum atomic E-state index is 13.1. The van der Waals surface area contributed by atoms with Crippen LogP contribution < -0.4 is 16.1 Å². The molecule has 0 bridgehead atoms. The van der Waals surface area contributed by atoms with Gasteiger partial charge in [0.2, 0.25) is 5.91 Å². The van der Waals surface area contributed by atoms with E-state index < -0.39 is 30.1 Å². The molecule has 1 saturated heterocycles. The SMILES string of the molecule is CC/C=C/c1ccc2ccc(CNC(=O)[C@@H]3CCCN(C(=O)[C@H](C)NC(=O)[C@@H](OC(=O)CC)C(C)C)N3)nc2c1. The van der Waals surface area contributed by atoms with E-state index in [0.717, 1.165) is 28.6 Å². The second-order valence-corrected chi connectivity index (χ2v) is 10.3. The molecule has 0 saturated carbocycles. The Balaban J connectivity index is 1.56. The van der Waals surface area contributed by atoms with Gasteiger partial charge in [0.15, 0.2) is 6.10 Å². The minimum absolute atomic E-state index is 0.153. The molecule has 0 radical (unpaired) electrons. The zero-order valence-corrected chi connectivity index (χ0v) is 24.0. The number of fused-ring (bicyclic) bond motifs is 1. The average molecular weight is 552 g/mol. The Morgan fingerprint density at radius 2 is 1.90 bits per heavy atom. The van der Waals surface area contributed by atoms with Crippen molar-refractivity contribution in [2.24, 2.45) is 5.92 Å². The molecule has 2 heterocycles. The number of amides is 3. The average Bonchev–Trinajstić information content (AvgIpc) is 2.96. The van der Waals surface area contributed by atoms with Gasteiger partial charge in [-0.1, -0.05) is 58.0 Å². The monoisotopic (exact) mass is 551 g/mol. The molecule has 10 nitrogen and oxygen atoms in total. The molecular formula is C30H41N5O5. The lowest BCUT2D eigenvalue weighted by molar-refractivity contribution is -0.159. The van der Waals surface area contributed by atoms with E-state index in [0.29, 0.717) is 19.4 Å². The number of esters is 1. The third-order valence-electron chi connectivity index (χ3n) is 6.67. The first-order valence-corrected chi connectivity index (χ1v) is 14.0. The number of carbonyl (C=O) groups excluding carboxylic acids is 4. The third-order valence-corrected chi connectivity index (χ3v) is 6.67. The number of hydrazine groups is 1. The number of ether oxygens (including phenoxy) is 1. The first kappa shape index (κ1) is 30.7. The van der Waals surface area contributed by atoms with E-state index in [1.54, 1.807) is 27.7 Å². The van der Waals surface area contributed by atoms with Crippen LogP contribution in [0.25, 0.3) is 17.0 Å². The number of carbonyl (C=O) groups is 4. The summed E-state index contributed by atoms with van der Waals surface area (Å²) in [6.45, 7) is 9.51. The van der Waals surface area contributed by atoms with Crippen LogP contribution in [0.5, 0.6) is 0 Å². The zero-order valence-electron chi connectivity index (χ0n) is 24.0. The number of aromatic nitrogens is 1. The lowest BCUT2D eigenvalue weighted by atomic mass is 10.1. The highest BCUT2D eigenvalue weighted by Crippen LogP contribution is 2.17. The smallest absolute Gasteiger partial charge is 0.306 e. The molecule has 3 N–H and O–H groups in total. The lowest BCUT2D eigenvalue weighted by Gasteiger charge is -2.35. The largest absolute Gasteiger partial charge is 0.452 e. The second kappa shape index (κ2) is 14.6. The summed E-state index contributed by atoms with van der Waals surface area (Å²) in [7, 11) is 0. The zero-order chi connectivity index (χ0) is 29.2. The fourth-order valence-electron chi connectivity index (χ4n) is 4.38. The molecule has 3 amide bonds. The summed E-state index contributed by atoms with van der Waals surface area (Å²) >= 11 is 0. The highest BCUT2D eigenvalue weighted by Gasteiger charge is 2.33. The van der Waals surface area contributed by atoms with Gasteiger partial charge in [-0.2, -0.15) is 0 Å². The van der Waals surface area contributed by atoms with Crippen LogP contribution in [-0.2, 0) is 30.5 Å². The summed E-state index contributed by atoms with van der Waals surface area (Å²) in [5, 5.41) is 7.97. The molecule has 1 aromatic heterocycles. The van der Waals surface area contributed by atoms with Crippen LogP contribution in [-0.4, -0.2) is 58.4 Å². The molecule has 40 heavy (non-hydrogen) atoms. The predicted octanol–water partition coefficient (Wildman–Crippen LogP) is 3.25. The molecule has 216 valence electrons. The Bertz CT molecular complexity index is 1240. The highest BCUT2D eigenvalue weighted by atomic mass is 16.5. The molecule has 0 aliphatic carbocycles. The summed E-state index contributed by atoms with van der Waals surface area (Å²) < 4.78 is 5.25. The van der Waals surface area contributed by atoms with Gasteiger partial charge in [0.05, 0.1) is 17.8 Å². The van der Waals surface area contributed by atoms with Gasteiger partial charge in [-0.15, -0.1) is 0 Å². The van der Waals surface area contributed by atoms with E-state index in [2.05, 4.69) is 41.2 Å². The van der Waals surface area contributed by atoms with Crippen LogP contribution >= 0.6 is 0 Å². The molecule has 0 spiro atoms. The van der Waals surface area contributed by atoms with Crippen molar-refractivity contribution in [3.8, 4) is 0 Å². The standard InChI is InChI=1S/C30H41N5O5/c1-6-8-10-21-12-13-22-14-15-23(33-25(22)17-21)18-31-28(37)24-11-9-16-35(34-24)30(39)20(5)32-29(38)27(19(3)4)40-26(36)7-2/h8,10,12-15,17,19-20,24,27,34H,6-7,9,11,16,18H2,1-5H3,(H,31,37)(H,32,38)/b10-8+/t20-,24-,27-/m0/s1. The van der Waals surface area contributed by atoms with E-state index in [4.69, 9.17) is 9.72 Å². The molecule has 10 heteroatoms.